The number of nitrogens with two attached hydrogens (primary N) is 1. The Morgan fingerprint density at radius 1 is 1.33 bits per heavy atom. The molecule has 0 saturated heterocycles. The lowest BCUT2D eigenvalue weighted by Gasteiger charge is -2.24. The van der Waals surface area contributed by atoms with Crippen molar-refractivity contribution in [3.05, 3.63) is 23.8 Å². The summed E-state index contributed by atoms with van der Waals surface area (Å²) in [6.07, 6.45) is -3.03. The van der Waals surface area contributed by atoms with E-state index in [1.165, 1.54) is 0 Å². The molecule has 0 aliphatic rings. The molecule has 0 fully saturated rings. The van der Waals surface area contributed by atoms with E-state index in [0.29, 0.717) is 6.54 Å². The van der Waals surface area contributed by atoms with E-state index in [2.05, 4.69) is 0 Å². The Morgan fingerprint density at radius 3 is 2.50 bits per heavy atom. The fraction of sp³-hybridized carbons (Fsp3) is 0.500. The maximum atomic E-state index is 12.2. The van der Waals surface area contributed by atoms with Crippen molar-refractivity contribution in [2.24, 2.45) is 5.73 Å². The number of halogens is 3. The van der Waals surface area contributed by atoms with E-state index in [4.69, 9.17) is 5.73 Å². The molecule has 18 heavy (non-hydrogen) atoms. The number of hydrogen-bond donors (Lipinski definition) is 1. The first kappa shape index (κ1) is 15.2. The van der Waals surface area contributed by atoms with Crippen LogP contribution in [0.1, 0.15) is 12.0 Å². The Kier molecular flexibility index (Phi) is 5.34. The summed E-state index contributed by atoms with van der Waals surface area (Å²) in [5.74, 6) is 0. The van der Waals surface area contributed by atoms with Gasteiger partial charge in [-0.1, -0.05) is 6.07 Å². The molecule has 0 unspecified atom stereocenters. The molecule has 0 atom stereocenters. The Bertz CT molecular complexity index is 393. The number of anilines is 1. The molecule has 2 N–H and O–H groups in total. The Hall–Kier alpha value is -0.880. The fourth-order valence-corrected chi connectivity index (χ4v) is 2.37. The number of benzene rings is 1. The van der Waals surface area contributed by atoms with Gasteiger partial charge in [0, 0.05) is 36.3 Å². The van der Waals surface area contributed by atoms with Gasteiger partial charge >= 0.3 is 6.18 Å². The number of rotatable bonds is 5. The zero-order valence-corrected chi connectivity index (χ0v) is 11.2. The van der Waals surface area contributed by atoms with Crippen molar-refractivity contribution < 1.29 is 13.2 Å². The van der Waals surface area contributed by atoms with E-state index >= 15 is 0 Å². The summed E-state index contributed by atoms with van der Waals surface area (Å²) in [7, 11) is 1.66. The molecule has 0 heterocycles. The summed E-state index contributed by atoms with van der Waals surface area (Å²) in [5, 5.41) is 0. The predicted molar refractivity (Wildman–Crippen MR) is 70.1 cm³/mol. The fourth-order valence-electron chi connectivity index (χ4n) is 1.72. The quantitative estimate of drug-likeness (QED) is 0.838. The zero-order valence-electron chi connectivity index (χ0n) is 10.4. The Labute approximate surface area is 109 Å². The molecule has 0 saturated carbocycles. The van der Waals surface area contributed by atoms with Gasteiger partial charge in [0.05, 0.1) is 6.42 Å². The number of alkyl halides is 3. The van der Waals surface area contributed by atoms with Gasteiger partial charge in [0.25, 0.3) is 0 Å². The van der Waals surface area contributed by atoms with Crippen LogP contribution in [0.2, 0.25) is 0 Å². The van der Waals surface area contributed by atoms with E-state index in [-0.39, 0.29) is 6.54 Å². The molecule has 0 aliphatic heterocycles. The first-order chi connectivity index (χ1) is 8.39. The topological polar surface area (TPSA) is 29.3 Å². The van der Waals surface area contributed by atoms with Crippen LogP contribution >= 0.6 is 11.8 Å². The van der Waals surface area contributed by atoms with Gasteiger partial charge in [0.2, 0.25) is 0 Å². The highest BCUT2D eigenvalue weighted by molar-refractivity contribution is 7.98. The largest absolute Gasteiger partial charge is 0.390 e. The molecule has 1 aromatic carbocycles. The molecule has 0 amide bonds. The molecule has 102 valence electrons. The first-order valence-corrected chi connectivity index (χ1v) is 6.75. The second kappa shape index (κ2) is 6.33. The molecule has 0 radical (unpaired) electrons. The molecule has 1 aromatic rings. The highest BCUT2D eigenvalue weighted by atomic mass is 32.2. The normalized spacial score (nSPS) is 11.7. The molecule has 0 aromatic heterocycles. The molecule has 1 rings (SSSR count). The Morgan fingerprint density at radius 2 is 2.00 bits per heavy atom. The molecule has 6 heteroatoms. The predicted octanol–water partition coefficient (Wildman–Crippen LogP) is 3.26. The second-order valence-corrected chi connectivity index (χ2v) is 4.80. The van der Waals surface area contributed by atoms with Gasteiger partial charge in [-0.25, -0.2) is 0 Å². The van der Waals surface area contributed by atoms with Crippen LogP contribution in [-0.4, -0.2) is 26.0 Å². The summed E-state index contributed by atoms with van der Waals surface area (Å²) < 4.78 is 36.6. The lowest BCUT2D eigenvalue weighted by molar-refractivity contribution is -0.132. The zero-order chi connectivity index (χ0) is 13.8. The minimum Gasteiger partial charge on any atom is -0.374 e. The molecule has 2 nitrogen and oxygen atoms in total. The van der Waals surface area contributed by atoms with Gasteiger partial charge in [-0.3, -0.25) is 0 Å². The van der Waals surface area contributed by atoms with Gasteiger partial charge in [-0.2, -0.15) is 13.2 Å². The summed E-state index contributed by atoms with van der Waals surface area (Å²) in [6, 6.07) is 5.57. The third-order valence-corrected chi connectivity index (χ3v) is 3.50. The van der Waals surface area contributed by atoms with Crippen LogP contribution in [0.15, 0.2) is 23.1 Å². The van der Waals surface area contributed by atoms with Gasteiger partial charge in [0.15, 0.2) is 0 Å². The minimum absolute atomic E-state index is 0.0612. The van der Waals surface area contributed by atoms with Crippen LogP contribution in [0.4, 0.5) is 18.9 Å². The molecule has 0 aliphatic carbocycles. The van der Waals surface area contributed by atoms with Crippen LogP contribution < -0.4 is 10.6 Å². The van der Waals surface area contributed by atoms with Crippen molar-refractivity contribution >= 4 is 17.4 Å². The maximum absolute atomic E-state index is 12.2. The third-order valence-electron chi connectivity index (χ3n) is 2.67. The SMILES string of the molecule is CSc1cccc(N(C)CCC(F)(F)F)c1CN. The van der Waals surface area contributed by atoms with Gasteiger partial charge in [0.1, 0.15) is 0 Å². The van der Waals surface area contributed by atoms with Crippen molar-refractivity contribution in [2.75, 3.05) is 24.7 Å². The lowest BCUT2D eigenvalue weighted by atomic mass is 10.1. The second-order valence-electron chi connectivity index (χ2n) is 3.95. The molecule has 0 bridgehead atoms. The van der Waals surface area contributed by atoms with Crippen LogP contribution in [0, 0.1) is 0 Å². The van der Waals surface area contributed by atoms with Crippen molar-refractivity contribution in [2.45, 2.75) is 24.0 Å². The lowest BCUT2D eigenvalue weighted by Crippen LogP contribution is -2.25. The highest BCUT2D eigenvalue weighted by Crippen LogP contribution is 2.29. The smallest absolute Gasteiger partial charge is 0.374 e. The van der Waals surface area contributed by atoms with Crippen LogP contribution in [0.25, 0.3) is 0 Å². The van der Waals surface area contributed by atoms with Crippen LogP contribution in [-0.2, 0) is 6.54 Å². The van der Waals surface area contributed by atoms with Gasteiger partial charge in [-0.05, 0) is 18.4 Å². The third kappa shape index (κ3) is 4.10. The maximum Gasteiger partial charge on any atom is 0.390 e. The van der Waals surface area contributed by atoms with Crippen LogP contribution in [0.3, 0.4) is 0 Å². The van der Waals surface area contributed by atoms with E-state index in [1.807, 2.05) is 18.4 Å². The summed E-state index contributed by atoms with van der Waals surface area (Å²) in [6.45, 7) is 0.261. The van der Waals surface area contributed by atoms with Crippen LogP contribution in [0.5, 0.6) is 0 Å². The van der Waals surface area contributed by atoms with E-state index in [0.717, 1.165) is 16.1 Å². The average molecular weight is 278 g/mol. The summed E-state index contributed by atoms with van der Waals surface area (Å²) in [5.41, 5.74) is 7.35. The average Bonchev–Trinajstić information content (AvgIpc) is 2.33. The van der Waals surface area contributed by atoms with E-state index < -0.39 is 12.6 Å². The summed E-state index contributed by atoms with van der Waals surface area (Å²) >= 11 is 1.55. The highest BCUT2D eigenvalue weighted by Gasteiger charge is 2.27. The molecular weight excluding hydrogens is 261 g/mol. The number of hydrogen-bond acceptors (Lipinski definition) is 3. The monoisotopic (exact) mass is 278 g/mol. The number of nitrogens with zero attached hydrogens (tertiary/aromatic N) is 1. The summed E-state index contributed by atoms with van der Waals surface area (Å²) in [4.78, 5) is 2.61. The van der Waals surface area contributed by atoms with E-state index in [1.54, 1.807) is 29.8 Å². The first-order valence-electron chi connectivity index (χ1n) is 5.53. The minimum atomic E-state index is -4.13. The Balaban J connectivity index is 2.88. The van der Waals surface area contributed by atoms with Crippen molar-refractivity contribution in [3.8, 4) is 0 Å². The number of thioether (sulfide) groups is 1. The molecular formula is C12H17F3N2S. The van der Waals surface area contributed by atoms with Crippen molar-refractivity contribution in [3.63, 3.8) is 0 Å². The standard InChI is InChI=1S/C12H17F3N2S/c1-17(7-6-12(13,14)15)10-4-3-5-11(18-2)9(10)8-16/h3-5H,6-8,16H2,1-2H3. The van der Waals surface area contributed by atoms with Gasteiger partial charge < -0.3 is 10.6 Å². The molecule has 0 spiro atoms. The van der Waals surface area contributed by atoms with E-state index in [9.17, 15) is 13.2 Å². The van der Waals surface area contributed by atoms with Gasteiger partial charge in [-0.15, -0.1) is 11.8 Å². The van der Waals surface area contributed by atoms with Crippen molar-refractivity contribution in [1.82, 2.24) is 0 Å². The van der Waals surface area contributed by atoms with Crippen molar-refractivity contribution in [1.29, 1.82) is 0 Å².